The Hall–Kier alpha value is -1.25. The van der Waals surface area contributed by atoms with Crippen molar-refractivity contribution >= 4 is 11.4 Å². The second kappa shape index (κ2) is 4.31. The van der Waals surface area contributed by atoms with E-state index in [1.807, 2.05) is 6.07 Å². The van der Waals surface area contributed by atoms with Gasteiger partial charge >= 0.3 is 0 Å². The Kier molecular flexibility index (Phi) is 3.33. The van der Waals surface area contributed by atoms with Crippen LogP contribution < -0.4 is 11.1 Å². The minimum atomic E-state index is 0.121. The molecule has 0 amide bonds. The minimum Gasteiger partial charge on any atom is -0.396 e. The van der Waals surface area contributed by atoms with Crippen LogP contribution in [0.5, 0.6) is 0 Å². The van der Waals surface area contributed by atoms with Crippen LogP contribution in [0.4, 0.5) is 11.4 Å². The van der Waals surface area contributed by atoms with Crippen LogP contribution in [0.3, 0.4) is 0 Å². The van der Waals surface area contributed by atoms with Gasteiger partial charge in [-0.3, -0.25) is 4.98 Å². The number of aromatic nitrogens is 1. The molecule has 78 valence electrons. The standard InChI is InChI=1S/C11H19N3/c1-4-11(3,5-2)14-10-6-7-13-8-9(10)12/h6-8H,4-5,12H2,1-3H3,(H,13,14). The Morgan fingerprint density at radius 2 is 2.07 bits per heavy atom. The fourth-order valence-corrected chi connectivity index (χ4v) is 1.27. The molecule has 0 spiro atoms. The highest BCUT2D eigenvalue weighted by molar-refractivity contribution is 5.65. The second-order valence-corrected chi connectivity index (χ2v) is 3.86. The number of rotatable bonds is 4. The molecule has 1 aromatic rings. The van der Waals surface area contributed by atoms with Crippen molar-refractivity contribution in [2.75, 3.05) is 11.1 Å². The smallest absolute Gasteiger partial charge is 0.0736 e. The first-order valence-electron chi connectivity index (χ1n) is 5.09. The summed E-state index contributed by atoms with van der Waals surface area (Å²) in [6, 6.07) is 1.92. The first-order valence-corrected chi connectivity index (χ1v) is 5.09. The lowest BCUT2D eigenvalue weighted by Gasteiger charge is -2.30. The third-order valence-corrected chi connectivity index (χ3v) is 2.85. The Balaban J connectivity index is 2.82. The lowest BCUT2D eigenvalue weighted by Crippen LogP contribution is -2.33. The molecule has 3 N–H and O–H groups in total. The van der Waals surface area contributed by atoms with Crippen LogP contribution in [0, 0.1) is 0 Å². The predicted octanol–water partition coefficient (Wildman–Crippen LogP) is 2.65. The first-order chi connectivity index (χ1) is 6.61. The van der Waals surface area contributed by atoms with E-state index in [0.29, 0.717) is 5.69 Å². The van der Waals surface area contributed by atoms with Gasteiger partial charge < -0.3 is 11.1 Å². The van der Waals surface area contributed by atoms with Gasteiger partial charge in [-0.15, -0.1) is 0 Å². The molecule has 0 aliphatic rings. The zero-order valence-electron chi connectivity index (χ0n) is 9.17. The maximum atomic E-state index is 5.81. The van der Waals surface area contributed by atoms with Crippen LogP contribution in [0.15, 0.2) is 18.5 Å². The Labute approximate surface area is 85.7 Å². The molecule has 3 heteroatoms. The summed E-state index contributed by atoms with van der Waals surface area (Å²) in [4.78, 5) is 3.96. The van der Waals surface area contributed by atoms with Crippen LogP contribution in [0.1, 0.15) is 33.6 Å². The van der Waals surface area contributed by atoms with Gasteiger partial charge in [-0.25, -0.2) is 0 Å². The van der Waals surface area contributed by atoms with E-state index in [0.717, 1.165) is 18.5 Å². The number of nitrogens with zero attached hydrogens (tertiary/aromatic N) is 1. The molecule has 0 saturated carbocycles. The average molecular weight is 193 g/mol. The van der Waals surface area contributed by atoms with Gasteiger partial charge in [0.05, 0.1) is 17.6 Å². The summed E-state index contributed by atoms with van der Waals surface area (Å²) >= 11 is 0. The normalized spacial score (nSPS) is 11.4. The van der Waals surface area contributed by atoms with Crippen molar-refractivity contribution in [2.45, 2.75) is 39.2 Å². The van der Waals surface area contributed by atoms with Gasteiger partial charge in [0.25, 0.3) is 0 Å². The Morgan fingerprint density at radius 3 is 2.57 bits per heavy atom. The molecule has 1 heterocycles. The summed E-state index contributed by atoms with van der Waals surface area (Å²) in [5.74, 6) is 0. The van der Waals surface area contributed by atoms with Gasteiger partial charge in [-0.1, -0.05) is 13.8 Å². The average Bonchev–Trinajstić information content (AvgIpc) is 2.21. The first kappa shape index (κ1) is 10.8. The predicted molar refractivity (Wildman–Crippen MR) is 61.3 cm³/mol. The largest absolute Gasteiger partial charge is 0.396 e. The Bertz CT molecular complexity index is 292. The van der Waals surface area contributed by atoms with E-state index < -0.39 is 0 Å². The van der Waals surface area contributed by atoms with Crippen molar-refractivity contribution in [2.24, 2.45) is 0 Å². The number of anilines is 2. The third kappa shape index (κ3) is 2.37. The molecule has 1 rings (SSSR count). The summed E-state index contributed by atoms with van der Waals surface area (Å²) in [5, 5.41) is 3.46. The summed E-state index contributed by atoms with van der Waals surface area (Å²) in [7, 11) is 0. The third-order valence-electron chi connectivity index (χ3n) is 2.85. The van der Waals surface area contributed by atoms with E-state index >= 15 is 0 Å². The lowest BCUT2D eigenvalue weighted by atomic mass is 9.95. The van der Waals surface area contributed by atoms with Crippen molar-refractivity contribution in [3.8, 4) is 0 Å². The van der Waals surface area contributed by atoms with Gasteiger partial charge in [-0.05, 0) is 25.8 Å². The van der Waals surface area contributed by atoms with Crippen molar-refractivity contribution < 1.29 is 0 Å². The summed E-state index contributed by atoms with van der Waals surface area (Å²) in [6.07, 6.45) is 5.58. The van der Waals surface area contributed by atoms with E-state index in [4.69, 9.17) is 5.73 Å². The summed E-state index contributed by atoms with van der Waals surface area (Å²) < 4.78 is 0. The van der Waals surface area contributed by atoms with E-state index in [2.05, 4.69) is 31.1 Å². The van der Waals surface area contributed by atoms with E-state index in [-0.39, 0.29) is 5.54 Å². The molecule has 3 nitrogen and oxygen atoms in total. The van der Waals surface area contributed by atoms with Crippen molar-refractivity contribution in [1.29, 1.82) is 0 Å². The maximum absolute atomic E-state index is 5.81. The van der Waals surface area contributed by atoms with Crippen LogP contribution in [-0.2, 0) is 0 Å². The monoisotopic (exact) mass is 193 g/mol. The zero-order valence-corrected chi connectivity index (χ0v) is 9.17. The number of pyridine rings is 1. The number of hydrogen-bond acceptors (Lipinski definition) is 3. The van der Waals surface area contributed by atoms with Crippen molar-refractivity contribution in [3.05, 3.63) is 18.5 Å². The van der Waals surface area contributed by atoms with Gasteiger partial charge in [0, 0.05) is 11.7 Å². The topological polar surface area (TPSA) is 50.9 Å². The van der Waals surface area contributed by atoms with Crippen LogP contribution in [-0.4, -0.2) is 10.5 Å². The highest BCUT2D eigenvalue weighted by Gasteiger charge is 2.19. The molecular weight excluding hydrogens is 174 g/mol. The van der Waals surface area contributed by atoms with Gasteiger partial charge in [0.15, 0.2) is 0 Å². The van der Waals surface area contributed by atoms with Crippen molar-refractivity contribution in [3.63, 3.8) is 0 Å². The van der Waals surface area contributed by atoms with Gasteiger partial charge in [0.1, 0.15) is 0 Å². The Morgan fingerprint density at radius 1 is 1.43 bits per heavy atom. The van der Waals surface area contributed by atoms with Gasteiger partial charge in [-0.2, -0.15) is 0 Å². The molecule has 1 aromatic heterocycles. The molecular formula is C11H19N3. The maximum Gasteiger partial charge on any atom is 0.0736 e. The highest BCUT2D eigenvalue weighted by Crippen LogP contribution is 2.24. The van der Waals surface area contributed by atoms with E-state index in [1.54, 1.807) is 12.4 Å². The van der Waals surface area contributed by atoms with Gasteiger partial charge in [0.2, 0.25) is 0 Å². The molecule has 0 aliphatic carbocycles. The fourth-order valence-electron chi connectivity index (χ4n) is 1.27. The SMILES string of the molecule is CCC(C)(CC)Nc1ccncc1N. The molecule has 0 unspecified atom stereocenters. The van der Waals surface area contributed by atoms with E-state index in [1.165, 1.54) is 0 Å². The van der Waals surface area contributed by atoms with Crippen LogP contribution in [0.2, 0.25) is 0 Å². The molecule has 0 aromatic carbocycles. The zero-order chi connectivity index (χ0) is 10.6. The van der Waals surface area contributed by atoms with Crippen LogP contribution >= 0.6 is 0 Å². The minimum absolute atomic E-state index is 0.121. The molecule has 0 atom stereocenters. The molecule has 0 aliphatic heterocycles. The fraction of sp³-hybridized carbons (Fsp3) is 0.545. The number of nitrogen functional groups attached to an aromatic ring is 1. The van der Waals surface area contributed by atoms with Crippen LogP contribution in [0.25, 0.3) is 0 Å². The molecule has 14 heavy (non-hydrogen) atoms. The number of nitrogens with two attached hydrogens (primary N) is 1. The molecule has 0 radical (unpaired) electrons. The number of hydrogen-bond donors (Lipinski definition) is 2. The van der Waals surface area contributed by atoms with Crippen molar-refractivity contribution in [1.82, 2.24) is 4.98 Å². The molecule has 0 bridgehead atoms. The number of nitrogens with one attached hydrogen (secondary N) is 1. The summed E-state index contributed by atoms with van der Waals surface area (Å²) in [6.45, 7) is 6.55. The summed E-state index contributed by atoms with van der Waals surface area (Å²) in [5.41, 5.74) is 7.62. The van der Waals surface area contributed by atoms with E-state index in [9.17, 15) is 0 Å². The quantitative estimate of drug-likeness (QED) is 0.773. The highest BCUT2D eigenvalue weighted by atomic mass is 15.0. The lowest BCUT2D eigenvalue weighted by molar-refractivity contribution is 0.479. The second-order valence-electron chi connectivity index (χ2n) is 3.86. The molecule has 0 fully saturated rings. The molecule has 0 saturated heterocycles.